The molecule has 9 nitrogen and oxygen atoms in total. The molecule has 1 saturated heterocycles. The SMILES string of the molecule is Cc1nc(NC(=O)NCc2ccccc2)sc1C(=O)N1CCCC(COCC(=O)[O-])C1. The topological polar surface area (TPSA) is 124 Å². The molecule has 1 aromatic carbocycles. The van der Waals surface area contributed by atoms with Crippen molar-refractivity contribution in [3.8, 4) is 0 Å². The number of ether oxygens (including phenoxy) is 1. The van der Waals surface area contributed by atoms with E-state index in [-0.39, 0.29) is 24.5 Å². The normalized spacial score (nSPS) is 16.0. The van der Waals surface area contributed by atoms with Crippen molar-refractivity contribution >= 4 is 34.4 Å². The third kappa shape index (κ3) is 6.76. The number of nitrogens with zero attached hydrogens (tertiary/aromatic N) is 2. The van der Waals surface area contributed by atoms with E-state index in [9.17, 15) is 19.5 Å². The summed E-state index contributed by atoms with van der Waals surface area (Å²) in [5.74, 6) is -1.32. The van der Waals surface area contributed by atoms with Crippen molar-refractivity contribution in [1.29, 1.82) is 0 Å². The minimum Gasteiger partial charge on any atom is -0.548 e. The number of anilines is 1. The Morgan fingerprint density at radius 1 is 1.29 bits per heavy atom. The highest BCUT2D eigenvalue weighted by atomic mass is 32.1. The van der Waals surface area contributed by atoms with E-state index >= 15 is 0 Å². The number of carboxylic acid groups (broad SMARTS) is 1. The van der Waals surface area contributed by atoms with Crippen LogP contribution in [0.1, 0.15) is 33.8 Å². The van der Waals surface area contributed by atoms with Gasteiger partial charge < -0.3 is 24.9 Å². The zero-order chi connectivity index (χ0) is 22.2. The number of piperidine rings is 1. The summed E-state index contributed by atoms with van der Waals surface area (Å²) in [6.07, 6.45) is 1.68. The van der Waals surface area contributed by atoms with Gasteiger partial charge in [-0.3, -0.25) is 10.1 Å². The Labute approximate surface area is 184 Å². The molecule has 3 rings (SSSR count). The van der Waals surface area contributed by atoms with Gasteiger partial charge in [0.2, 0.25) is 0 Å². The molecule has 1 aliphatic heterocycles. The summed E-state index contributed by atoms with van der Waals surface area (Å²) in [5.41, 5.74) is 1.54. The summed E-state index contributed by atoms with van der Waals surface area (Å²) in [4.78, 5) is 42.2. The van der Waals surface area contributed by atoms with Gasteiger partial charge in [-0.25, -0.2) is 9.78 Å². The van der Waals surface area contributed by atoms with Crippen molar-refractivity contribution < 1.29 is 24.2 Å². The molecule has 166 valence electrons. The lowest BCUT2D eigenvalue weighted by atomic mass is 9.99. The van der Waals surface area contributed by atoms with Crippen LogP contribution in [0.5, 0.6) is 0 Å². The van der Waals surface area contributed by atoms with Gasteiger partial charge >= 0.3 is 6.03 Å². The van der Waals surface area contributed by atoms with Crippen LogP contribution in [0.25, 0.3) is 0 Å². The number of carboxylic acids is 1. The summed E-state index contributed by atoms with van der Waals surface area (Å²) in [6, 6.07) is 9.15. The molecule has 10 heteroatoms. The number of aromatic nitrogens is 1. The standard InChI is InChI=1S/C21H26N4O5S/c1-14-18(19(28)25-9-5-8-16(11-25)12-30-13-17(26)27)31-21(23-14)24-20(29)22-10-15-6-3-2-4-7-15/h2-4,6-7,16H,5,8-13H2,1H3,(H,26,27)(H2,22,23,24,29)/p-1. The molecule has 31 heavy (non-hydrogen) atoms. The minimum atomic E-state index is -1.25. The second kappa shape index (κ2) is 10.9. The fourth-order valence-corrected chi connectivity index (χ4v) is 4.34. The van der Waals surface area contributed by atoms with Gasteiger partial charge in [0.25, 0.3) is 5.91 Å². The Balaban J connectivity index is 1.53. The quantitative estimate of drug-likeness (QED) is 0.633. The van der Waals surface area contributed by atoms with Gasteiger partial charge in [0, 0.05) is 19.6 Å². The van der Waals surface area contributed by atoms with Crippen LogP contribution >= 0.6 is 11.3 Å². The summed E-state index contributed by atoms with van der Waals surface area (Å²) in [6.45, 7) is 3.06. The average Bonchev–Trinajstić information content (AvgIpc) is 3.12. The average molecular weight is 446 g/mol. The molecule has 1 atom stereocenters. The van der Waals surface area contributed by atoms with Crippen molar-refractivity contribution in [2.75, 3.05) is 31.6 Å². The minimum absolute atomic E-state index is 0.0756. The Kier molecular flexibility index (Phi) is 7.96. The molecule has 0 aliphatic carbocycles. The van der Waals surface area contributed by atoms with Gasteiger partial charge in [-0.05, 0) is 31.2 Å². The first-order chi connectivity index (χ1) is 14.9. The second-order valence-corrected chi connectivity index (χ2v) is 8.37. The molecule has 2 heterocycles. The Morgan fingerprint density at radius 2 is 2.06 bits per heavy atom. The molecule has 0 spiro atoms. The van der Waals surface area contributed by atoms with E-state index in [1.165, 1.54) is 0 Å². The summed E-state index contributed by atoms with van der Waals surface area (Å²) in [7, 11) is 0. The molecule has 3 amide bonds. The molecule has 1 unspecified atom stereocenters. The summed E-state index contributed by atoms with van der Waals surface area (Å²) < 4.78 is 5.13. The third-order valence-electron chi connectivity index (χ3n) is 4.89. The highest BCUT2D eigenvalue weighted by Crippen LogP contribution is 2.26. The number of likely N-dealkylation sites (tertiary alicyclic amines) is 1. The predicted molar refractivity (Wildman–Crippen MR) is 114 cm³/mol. The Bertz CT molecular complexity index is 918. The van der Waals surface area contributed by atoms with Crippen LogP contribution in [0, 0.1) is 12.8 Å². The molecule has 0 saturated carbocycles. The van der Waals surface area contributed by atoms with Crippen molar-refractivity contribution in [2.24, 2.45) is 5.92 Å². The number of hydrogen-bond donors (Lipinski definition) is 2. The molecule has 0 bridgehead atoms. The van der Waals surface area contributed by atoms with E-state index in [2.05, 4.69) is 15.6 Å². The fraction of sp³-hybridized carbons (Fsp3) is 0.429. The van der Waals surface area contributed by atoms with Gasteiger partial charge in [-0.2, -0.15) is 0 Å². The van der Waals surface area contributed by atoms with Crippen LogP contribution in [0.15, 0.2) is 30.3 Å². The first-order valence-corrected chi connectivity index (χ1v) is 10.9. The maximum absolute atomic E-state index is 13.0. The number of benzene rings is 1. The smallest absolute Gasteiger partial charge is 0.321 e. The lowest BCUT2D eigenvalue weighted by molar-refractivity contribution is -0.309. The predicted octanol–water partition coefficient (Wildman–Crippen LogP) is 1.39. The number of carbonyl (C=O) groups excluding carboxylic acids is 3. The van der Waals surface area contributed by atoms with E-state index in [0.717, 1.165) is 29.7 Å². The maximum Gasteiger partial charge on any atom is 0.321 e. The van der Waals surface area contributed by atoms with Gasteiger partial charge in [0.15, 0.2) is 5.13 Å². The van der Waals surface area contributed by atoms with Gasteiger partial charge in [-0.15, -0.1) is 0 Å². The number of thiazole rings is 1. The number of rotatable bonds is 8. The van der Waals surface area contributed by atoms with Crippen LogP contribution in [0.2, 0.25) is 0 Å². The lowest BCUT2D eigenvalue weighted by Gasteiger charge is -2.32. The van der Waals surface area contributed by atoms with E-state index in [1.807, 2.05) is 30.3 Å². The molecule has 2 aromatic rings. The summed E-state index contributed by atoms with van der Waals surface area (Å²) in [5, 5.41) is 16.3. The van der Waals surface area contributed by atoms with E-state index in [4.69, 9.17) is 4.74 Å². The van der Waals surface area contributed by atoms with Crippen molar-refractivity contribution in [3.05, 3.63) is 46.5 Å². The number of nitrogens with one attached hydrogen (secondary N) is 2. The van der Waals surface area contributed by atoms with Crippen LogP contribution in [0.4, 0.5) is 9.93 Å². The highest BCUT2D eigenvalue weighted by molar-refractivity contribution is 7.17. The largest absolute Gasteiger partial charge is 0.548 e. The second-order valence-electron chi connectivity index (χ2n) is 7.37. The zero-order valence-corrected chi connectivity index (χ0v) is 18.1. The van der Waals surface area contributed by atoms with Crippen LogP contribution in [-0.2, 0) is 16.1 Å². The molecular weight excluding hydrogens is 420 g/mol. The fourth-order valence-electron chi connectivity index (χ4n) is 3.41. The van der Waals surface area contributed by atoms with Crippen LogP contribution < -0.4 is 15.7 Å². The molecule has 0 radical (unpaired) electrons. The Morgan fingerprint density at radius 3 is 2.81 bits per heavy atom. The monoisotopic (exact) mass is 445 g/mol. The van der Waals surface area contributed by atoms with Gasteiger partial charge in [0.1, 0.15) is 4.88 Å². The van der Waals surface area contributed by atoms with E-state index in [0.29, 0.717) is 35.3 Å². The zero-order valence-electron chi connectivity index (χ0n) is 17.3. The van der Waals surface area contributed by atoms with E-state index < -0.39 is 12.6 Å². The lowest BCUT2D eigenvalue weighted by Crippen LogP contribution is -2.41. The first-order valence-electron chi connectivity index (χ1n) is 10.1. The third-order valence-corrected chi connectivity index (χ3v) is 5.95. The Hall–Kier alpha value is -2.98. The molecule has 1 aliphatic rings. The maximum atomic E-state index is 13.0. The molecule has 2 N–H and O–H groups in total. The van der Waals surface area contributed by atoms with Crippen molar-refractivity contribution in [1.82, 2.24) is 15.2 Å². The van der Waals surface area contributed by atoms with Gasteiger partial charge in [0.05, 0.1) is 24.9 Å². The number of carbonyl (C=O) groups is 3. The van der Waals surface area contributed by atoms with Crippen LogP contribution in [0.3, 0.4) is 0 Å². The summed E-state index contributed by atoms with van der Waals surface area (Å²) >= 11 is 1.14. The molecular formula is C21H25N4O5S-. The van der Waals surface area contributed by atoms with Crippen molar-refractivity contribution in [2.45, 2.75) is 26.3 Å². The van der Waals surface area contributed by atoms with Crippen LogP contribution in [-0.4, -0.2) is 54.1 Å². The van der Waals surface area contributed by atoms with E-state index in [1.54, 1.807) is 11.8 Å². The highest BCUT2D eigenvalue weighted by Gasteiger charge is 2.27. The number of amides is 3. The first kappa shape index (κ1) is 22.7. The molecule has 1 fully saturated rings. The van der Waals surface area contributed by atoms with Crippen molar-refractivity contribution in [3.63, 3.8) is 0 Å². The molecule has 1 aromatic heterocycles. The van der Waals surface area contributed by atoms with Gasteiger partial charge in [-0.1, -0.05) is 41.7 Å². The number of urea groups is 1. The number of aryl methyl sites for hydroxylation is 1. The number of hydrogen-bond acceptors (Lipinski definition) is 7. The number of aliphatic carboxylic acids is 1.